The number of rotatable bonds is 5. The van der Waals surface area contributed by atoms with E-state index in [0.29, 0.717) is 6.04 Å². The molecule has 3 rings (SSSR count). The highest BCUT2D eigenvalue weighted by molar-refractivity contribution is 5.25. The maximum atomic E-state index is 4.68. The number of nitrogens with one attached hydrogen (secondary N) is 1. The predicted octanol–water partition coefficient (Wildman–Crippen LogP) is 2.27. The van der Waals surface area contributed by atoms with E-state index in [2.05, 4.69) is 51.0 Å². The van der Waals surface area contributed by atoms with Crippen LogP contribution in [0.1, 0.15) is 41.7 Å². The highest BCUT2D eigenvalue weighted by atomic mass is 15.2. The molecule has 118 valence electrons. The molecule has 0 radical (unpaired) electrons. The number of hydrogen-bond donors (Lipinski definition) is 1. The molecule has 5 nitrogen and oxygen atoms in total. The van der Waals surface area contributed by atoms with Crippen LogP contribution in [0.15, 0.2) is 24.5 Å². The number of aryl methyl sites for hydroxylation is 2. The van der Waals surface area contributed by atoms with Crippen LogP contribution < -0.4 is 5.32 Å². The molecule has 1 unspecified atom stereocenters. The Morgan fingerprint density at radius 1 is 1.45 bits per heavy atom. The van der Waals surface area contributed by atoms with E-state index in [1.807, 2.05) is 19.3 Å². The lowest BCUT2D eigenvalue weighted by Gasteiger charge is -2.31. The highest BCUT2D eigenvalue weighted by Gasteiger charge is 2.25. The molecule has 1 aliphatic carbocycles. The molecular weight excluding hydrogens is 274 g/mol. The van der Waals surface area contributed by atoms with Gasteiger partial charge in [-0.25, -0.2) is 4.98 Å². The summed E-state index contributed by atoms with van der Waals surface area (Å²) in [5, 5.41) is 3.17. The average molecular weight is 299 g/mol. The van der Waals surface area contributed by atoms with Crippen LogP contribution in [0.5, 0.6) is 0 Å². The smallest absolute Gasteiger partial charge is 0.106 e. The molecule has 2 aromatic heterocycles. The van der Waals surface area contributed by atoms with E-state index in [-0.39, 0.29) is 0 Å². The fraction of sp³-hybridized carbons (Fsp3) is 0.529. The molecule has 5 heteroatoms. The molecule has 1 atom stereocenters. The summed E-state index contributed by atoms with van der Waals surface area (Å²) in [5.74, 6) is 1.06. The summed E-state index contributed by atoms with van der Waals surface area (Å²) in [6, 6.07) is 4.66. The first-order valence-electron chi connectivity index (χ1n) is 8.00. The van der Waals surface area contributed by atoms with Crippen LogP contribution in [0.4, 0.5) is 0 Å². The highest BCUT2D eigenvalue weighted by Crippen LogP contribution is 2.32. The summed E-state index contributed by atoms with van der Waals surface area (Å²) in [7, 11) is 4.14. The van der Waals surface area contributed by atoms with Crippen LogP contribution in [0.25, 0.3) is 0 Å². The minimum absolute atomic E-state index is 0.403. The molecule has 0 amide bonds. The Hall–Kier alpha value is -1.72. The first-order chi connectivity index (χ1) is 10.7. The van der Waals surface area contributed by atoms with Crippen LogP contribution in [0, 0.1) is 6.92 Å². The Morgan fingerprint density at radius 2 is 2.32 bits per heavy atom. The molecule has 0 saturated heterocycles. The van der Waals surface area contributed by atoms with Crippen molar-refractivity contribution in [2.45, 2.75) is 45.4 Å². The van der Waals surface area contributed by atoms with Gasteiger partial charge in [-0.1, -0.05) is 6.07 Å². The maximum Gasteiger partial charge on any atom is 0.106 e. The number of nitrogens with zero attached hydrogens (tertiary/aromatic N) is 4. The number of pyridine rings is 1. The quantitative estimate of drug-likeness (QED) is 0.920. The van der Waals surface area contributed by atoms with Crippen LogP contribution in [0.2, 0.25) is 0 Å². The number of hydrogen-bond acceptors (Lipinski definition) is 4. The zero-order valence-corrected chi connectivity index (χ0v) is 13.7. The van der Waals surface area contributed by atoms with Gasteiger partial charge in [0.05, 0.1) is 24.1 Å². The van der Waals surface area contributed by atoms with E-state index in [1.54, 1.807) is 0 Å². The van der Waals surface area contributed by atoms with Gasteiger partial charge in [-0.15, -0.1) is 0 Å². The average Bonchev–Trinajstić information content (AvgIpc) is 2.86. The molecule has 0 spiro atoms. The van der Waals surface area contributed by atoms with Gasteiger partial charge in [-0.05, 0) is 51.9 Å². The topological polar surface area (TPSA) is 46.0 Å². The number of imidazole rings is 1. The molecule has 0 saturated carbocycles. The maximum absolute atomic E-state index is 4.68. The van der Waals surface area contributed by atoms with Crippen LogP contribution in [-0.4, -0.2) is 33.5 Å². The van der Waals surface area contributed by atoms with Crippen molar-refractivity contribution in [1.82, 2.24) is 24.8 Å². The van der Waals surface area contributed by atoms with Gasteiger partial charge in [0.25, 0.3) is 0 Å². The van der Waals surface area contributed by atoms with E-state index < -0.39 is 0 Å². The zero-order chi connectivity index (χ0) is 15.5. The van der Waals surface area contributed by atoms with Gasteiger partial charge in [0.2, 0.25) is 0 Å². The minimum Gasteiger partial charge on any atom is -0.322 e. The van der Waals surface area contributed by atoms with Gasteiger partial charge in [-0.2, -0.15) is 0 Å². The third-order valence-electron chi connectivity index (χ3n) is 4.46. The monoisotopic (exact) mass is 299 g/mol. The molecule has 0 bridgehead atoms. The summed E-state index contributed by atoms with van der Waals surface area (Å²) < 4.78 is 2.15. The Balaban J connectivity index is 1.75. The lowest BCUT2D eigenvalue weighted by atomic mass is 9.91. The molecule has 2 heterocycles. The zero-order valence-electron chi connectivity index (χ0n) is 13.7. The van der Waals surface area contributed by atoms with Gasteiger partial charge < -0.3 is 9.88 Å². The molecule has 1 N–H and O–H groups in total. The molecule has 0 aromatic carbocycles. The Morgan fingerprint density at radius 3 is 3.14 bits per heavy atom. The fourth-order valence-corrected chi connectivity index (χ4v) is 3.36. The van der Waals surface area contributed by atoms with E-state index in [1.165, 1.54) is 24.1 Å². The van der Waals surface area contributed by atoms with E-state index in [9.17, 15) is 0 Å². The van der Waals surface area contributed by atoms with Crippen molar-refractivity contribution in [3.8, 4) is 0 Å². The largest absolute Gasteiger partial charge is 0.322 e. The second-order valence-corrected chi connectivity index (χ2v) is 6.13. The van der Waals surface area contributed by atoms with Crippen molar-refractivity contribution < 1.29 is 0 Å². The van der Waals surface area contributed by atoms with E-state index in [4.69, 9.17) is 0 Å². The third kappa shape index (κ3) is 3.05. The van der Waals surface area contributed by atoms with Crippen molar-refractivity contribution in [2.24, 2.45) is 0 Å². The van der Waals surface area contributed by atoms with Gasteiger partial charge >= 0.3 is 0 Å². The molecule has 1 aliphatic rings. The lowest BCUT2D eigenvalue weighted by molar-refractivity contribution is 0.206. The Kier molecular flexibility index (Phi) is 4.55. The van der Waals surface area contributed by atoms with Crippen molar-refractivity contribution in [3.63, 3.8) is 0 Å². The summed E-state index contributed by atoms with van der Waals surface area (Å²) in [4.78, 5) is 11.7. The Bertz CT molecular complexity index is 634. The lowest BCUT2D eigenvalue weighted by Crippen LogP contribution is -2.28. The number of aromatic nitrogens is 3. The summed E-state index contributed by atoms with van der Waals surface area (Å²) >= 11 is 0. The van der Waals surface area contributed by atoms with E-state index >= 15 is 0 Å². The van der Waals surface area contributed by atoms with Crippen molar-refractivity contribution in [1.29, 1.82) is 0 Å². The van der Waals surface area contributed by atoms with E-state index in [0.717, 1.165) is 31.2 Å². The normalized spacial score (nSPS) is 17.7. The first-order valence-corrected chi connectivity index (χ1v) is 8.00. The Labute approximate surface area is 132 Å². The van der Waals surface area contributed by atoms with Crippen LogP contribution in [-0.2, 0) is 19.6 Å². The molecule has 0 aliphatic heterocycles. The van der Waals surface area contributed by atoms with Gasteiger partial charge in [-0.3, -0.25) is 9.88 Å². The van der Waals surface area contributed by atoms with Crippen LogP contribution >= 0.6 is 0 Å². The van der Waals surface area contributed by atoms with Gasteiger partial charge in [0.15, 0.2) is 0 Å². The fourth-order valence-electron chi connectivity index (χ4n) is 3.36. The molecule has 2 aromatic rings. The second-order valence-electron chi connectivity index (χ2n) is 6.13. The van der Waals surface area contributed by atoms with Gasteiger partial charge in [0.1, 0.15) is 5.82 Å². The SMILES string of the molecule is CNCn1cc(CN(C)C2CCCc3cccnc32)nc1C. The van der Waals surface area contributed by atoms with Crippen molar-refractivity contribution in [3.05, 3.63) is 47.3 Å². The second kappa shape index (κ2) is 6.58. The molecule has 0 fully saturated rings. The molecular formula is C17H25N5. The standard InChI is InChI=1S/C17H25N5/c1-13-20-15(11-22(13)12-18-2)10-21(3)16-8-4-6-14-7-5-9-19-17(14)16/h5,7,9,11,16,18H,4,6,8,10,12H2,1-3H3. The summed E-state index contributed by atoms with van der Waals surface area (Å²) in [6.07, 6.45) is 7.63. The third-order valence-corrected chi connectivity index (χ3v) is 4.46. The number of fused-ring (bicyclic) bond motifs is 1. The minimum atomic E-state index is 0.403. The van der Waals surface area contributed by atoms with Gasteiger partial charge in [0, 0.05) is 18.9 Å². The molecule has 22 heavy (non-hydrogen) atoms. The van der Waals surface area contributed by atoms with Crippen molar-refractivity contribution in [2.75, 3.05) is 14.1 Å². The first kappa shape index (κ1) is 15.2. The summed E-state index contributed by atoms with van der Waals surface area (Å²) in [5.41, 5.74) is 3.78. The van der Waals surface area contributed by atoms with Crippen molar-refractivity contribution >= 4 is 0 Å². The predicted molar refractivity (Wildman–Crippen MR) is 87.4 cm³/mol. The summed E-state index contributed by atoms with van der Waals surface area (Å²) in [6.45, 7) is 3.72. The van der Waals surface area contributed by atoms with Crippen LogP contribution in [0.3, 0.4) is 0 Å².